The number of methoxy groups -OCH3 is 1. The predicted octanol–water partition coefficient (Wildman–Crippen LogP) is 4.15. The molecule has 1 aromatic heterocycles. The topological polar surface area (TPSA) is 63.6 Å². The Bertz CT molecular complexity index is 1030. The van der Waals surface area contributed by atoms with Gasteiger partial charge in [0.05, 0.1) is 13.3 Å². The van der Waals surface area contributed by atoms with E-state index in [0.717, 1.165) is 28.5 Å². The Labute approximate surface area is 162 Å². The summed E-state index contributed by atoms with van der Waals surface area (Å²) in [5, 5.41) is 5.75. The van der Waals surface area contributed by atoms with Crippen LogP contribution >= 0.6 is 11.6 Å². The molecule has 27 heavy (non-hydrogen) atoms. The van der Waals surface area contributed by atoms with Gasteiger partial charge in [0.25, 0.3) is 0 Å². The number of benzene rings is 2. The molecule has 2 unspecified atom stereocenters. The Morgan fingerprint density at radius 3 is 3.00 bits per heavy atom. The van der Waals surface area contributed by atoms with Gasteiger partial charge in [-0.05, 0) is 53.8 Å². The smallest absolute Gasteiger partial charge is 0.243 e. The van der Waals surface area contributed by atoms with Gasteiger partial charge in [-0.1, -0.05) is 29.8 Å². The van der Waals surface area contributed by atoms with Crippen molar-refractivity contribution in [3.63, 3.8) is 0 Å². The molecule has 1 saturated carbocycles. The van der Waals surface area contributed by atoms with Gasteiger partial charge in [0, 0.05) is 22.5 Å². The SMILES string of the molecule is COc1cc(C=NNC(=O)C2CC2c2cccc(Cl)c2)cc2cccnc12. The minimum Gasteiger partial charge on any atom is -0.494 e. The molecule has 0 radical (unpaired) electrons. The summed E-state index contributed by atoms with van der Waals surface area (Å²) >= 11 is 6.02. The van der Waals surface area contributed by atoms with Crippen LogP contribution in [0.3, 0.4) is 0 Å². The quantitative estimate of drug-likeness (QED) is 0.535. The zero-order valence-corrected chi connectivity index (χ0v) is 15.5. The van der Waals surface area contributed by atoms with Gasteiger partial charge in [0.15, 0.2) is 0 Å². The predicted molar refractivity (Wildman–Crippen MR) is 106 cm³/mol. The van der Waals surface area contributed by atoms with Gasteiger partial charge in [-0.25, -0.2) is 5.43 Å². The van der Waals surface area contributed by atoms with Gasteiger partial charge in [0.1, 0.15) is 11.3 Å². The van der Waals surface area contributed by atoms with Crippen LogP contribution in [0.2, 0.25) is 5.02 Å². The third-order valence-electron chi connectivity index (χ3n) is 4.70. The zero-order chi connectivity index (χ0) is 18.8. The van der Waals surface area contributed by atoms with Crippen molar-refractivity contribution >= 4 is 34.6 Å². The van der Waals surface area contributed by atoms with Crippen molar-refractivity contribution in [1.29, 1.82) is 0 Å². The molecule has 2 aromatic carbocycles. The Hall–Kier alpha value is -2.92. The average Bonchev–Trinajstić information content (AvgIpc) is 3.48. The van der Waals surface area contributed by atoms with Crippen LogP contribution in [0.1, 0.15) is 23.5 Å². The first kappa shape index (κ1) is 17.5. The molecule has 1 heterocycles. The zero-order valence-electron chi connectivity index (χ0n) is 14.7. The lowest BCUT2D eigenvalue weighted by Crippen LogP contribution is -2.20. The van der Waals surface area contributed by atoms with Gasteiger partial charge in [-0.2, -0.15) is 5.10 Å². The first-order valence-corrected chi connectivity index (χ1v) is 9.04. The van der Waals surface area contributed by atoms with Crippen molar-refractivity contribution in [1.82, 2.24) is 10.4 Å². The first-order valence-electron chi connectivity index (χ1n) is 8.67. The normalized spacial score (nSPS) is 18.6. The summed E-state index contributed by atoms with van der Waals surface area (Å²) in [5.74, 6) is 0.747. The summed E-state index contributed by atoms with van der Waals surface area (Å²) in [6, 6.07) is 15.3. The highest BCUT2D eigenvalue weighted by atomic mass is 35.5. The summed E-state index contributed by atoms with van der Waals surface area (Å²) in [7, 11) is 1.61. The van der Waals surface area contributed by atoms with Gasteiger partial charge in [0.2, 0.25) is 5.91 Å². The lowest BCUT2D eigenvalue weighted by Gasteiger charge is -2.06. The van der Waals surface area contributed by atoms with Gasteiger partial charge in [-0.3, -0.25) is 9.78 Å². The Morgan fingerprint density at radius 1 is 1.30 bits per heavy atom. The van der Waals surface area contributed by atoms with E-state index >= 15 is 0 Å². The highest BCUT2D eigenvalue weighted by molar-refractivity contribution is 6.30. The average molecular weight is 380 g/mol. The van der Waals surface area contributed by atoms with Crippen LogP contribution in [0.4, 0.5) is 0 Å². The molecule has 0 bridgehead atoms. The molecule has 0 aliphatic heterocycles. The first-order chi connectivity index (χ1) is 13.2. The maximum Gasteiger partial charge on any atom is 0.243 e. The number of ether oxygens (including phenoxy) is 1. The Morgan fingerprint density at radius 2 is 2.19 bits per heavy atom. The van der Waals surface area contributed by atoms with Crippen LogP contribution in [-0.4, -0.2) is 24.2 Å². The summed E-state index contributed by atoms with van der Waals surface area (Å²) in [5.41, 5.74) is 5.35. The number of nitrogens with one attached hydrogen (secondary N) is 1. The van der Waals surface area contributed by atoms with Gasteiger partial charge >= 0.3 is 0 Å². The molecule has 136 valence electrons. The number of hydrogen-bond donors (Lipinski definition) is 1. The van der Waals surface area contributed by atoms with Crippen LogP contribution in [0.5, 0.6) is 5.75 Å². The lowest BCUT2D eigenvalue weighted by atomic mass is 10.1. The maximum atomic E-state index is 12.3. The maximum absolute atomic E-state index is 12.3. The standard InChI is InChI=1S/C21H18ClN3O2/c1-27-19-9-13(8-15-5-3-7-23-20(15)19)12-24-25-21(26)18-11-17(18)14-4-2-6-16(22)10-14/h2-10,12,17-18H,11H2,1H3,(H,25,26). The molecule has 1 aliphatic carbocycles. The number of fused-ring (bicyclic) bond motifs is 1. The molecule has 5 nitrogen and oxygen atoms in total. The van der Waals surface area contributed by atoms with Crippen molar-refractivity contribution in [2.24, 2.45) is 11.0 Å². The summed E-state index contributed by atoms with van der Waals surface area (Å²) in [6.07, 6.45) is 4.16. The van der Waals surface area contributed by atoms with E-state index in [1.807, 2.05) is 48.5 Å². The van der Waals surface area contributed by atoms with Crippen LogP contribution in [0.15, 0.2) is 59.8 Å². The second-order valence-electron chi connectivity index (χ2n) is 6.54. The fourth-order valence-corrected chi connectivity index (χ4v) is 3.45. The highest BCUT2D eigenvalue weighted by Crippen LogP contribution is 2.47. The van der Waals surface area contributed by atoms with Crippen LogP contribution in [0, 0.1) is 5.92 Å². The molecule has 4 rings (SSSR count). The molecule has 2 atom stereocenters. The Balaban J connectivity index is 1.42. The third kappa shape index (κ3) is 3.78. The number of halogens is 1. The Kier molecular flexibility index (Phi) is 4.77. The van der Waals surface area contributed by atoms with E-state index < -0.39 is 0 Å². The number of carbonyl (C=O) groups excluding carboxylic acids is 1. The molecule has 1 fully saturated rings. The number of nitrogens with zero attached hydrogens (tertiary/aromatic N) is 2. The summed E-state index contributed by atoms with van der Waals surface area (Å²) in [4.78, 5) is 16.6. The number of rotatable bonds is 5. The van der Waals surface area contributed by atoms with E-state index in [1.54, 1.807) is 19.5 Å². The number of aromatic nitrogens is 1. The van der Waals surface area contributed by atoms with E-state index in [9.17, 15) is 4.79 Å². The van der Waals surface area contributed by atoms with Crippen molar-refractivity contribution < 1.29 is 9.53 Å². The molecule has 1 N–H and O–H groups in total. The molecular weight excluding hydrogens is 362 g/mol. The van der Waals surface area contributed by atoms with E-state index in [0.29, 0.717) is 10.8 Å². The third-order valence-corrected chi connectivity index (χ3v) is 4.94. The van der Waals surface area contributed by atoms with Crippen LogP contribution < -0.4 is 10.2 Å². The van der Waals surface area contributed by atoms with E-state index in [-0.39, 0.29) is 17.7 Å². The second-order valence-corrected chi connectivity index (χ2v) is 6.97. The second kappa shape index (κ2) is 7.37. The number of amides is 1. The van der Waals surface area contributed by atoms with Crippen LogP contribution in [-0.2, 0) is 4.79 Å². The monoisotopic (exact) mass is 379 g/mol. The number of hydrazone groups is 1. The van der Waals surface area contributed by atoms with Crippen molar-refractivity contribution in [2.75, 3.05) is 7.11 Å². The number of carbonyl (C=O) groups is 1. The van der Waals surface area contributed by atoms with E-state index in [4.69, 9.17) is 16.3 Å². The molecular formula is C21H18ClN3O2. The molecule has 0 saturated heterocycles. The van der Waals surface area contributed by atoms with E-state index in [1.165, 1.54) is 0 Å². The largest absolute Gasteiger partial charge is 0.494 e. The van der Waals surface area contributed by atoms with Crippen molar-refractivity contribution in [3.8, 4) is 5.75 Å². The molecule has 6 heteroatoms. The van der Waals surface area contributed by atoms with Crippen molar-refractivity contribution in [2.45, 2.75) is 12.3 Å². The van der Waals surface area contributed by atoms with E-state index in [2.05, 4.69) is 15.5 Å². The minimum atomic E-state index is -0.0781. The fraction of sp³-hybridized carbons (Fsp3) is 0.190. The molecule has 1 aliphatic rings. The summed E-state index contributed by atoms with van der Waals surface area (Å²) in [6.45, 7) is 0. The number of pyridine rings is 1. The van der Waals surface area contributed by atoms with Crippen molar-refractivity contribution in [3.05, 3.63) is 70.9 Å². The molecule has 1 amide bonds. The molecule has 0 spiro atoms. The number of hydrogen-bond acceptors (Lipinski definition) is 4. The summed E-state index contributed by atoms with van der Waals surface area (Å²) < 4.78 is 5.39. The van der Waals surface area contributed by atoms with Crippen LogP contribution in [0.25, 0.3) is 10.9 Å². The minimum absolute atomic E-state index is 0.0593. The highest BCUT2D eigenvalue weighted by Gasteiger charge is 2.43. The fourth-order valence-electron chi connectivity index (χ4n) is 3.25. The molecule has 3 aromatic rings. The van der Waals surface area contributed by atoms with Gasteiger partial charge < -0.3 is 4.74 Å². The lowest BCUT2D eigenvalue weighted by molar-refractivity contribution is -0.122. The van der Waals surface area contributed by atoms with Gasteiger partial charge in [-0.15, -0.1) is 0 Å².